The molecule has 1 unspecified atom stereocenters. The summed E-state index contributed by atoms with van der Waals surface area (Å²) in [4.78, 5) is 25.1. The highest BCUT2D eigenvalue weighted by Gasteiger charge is 2.36. The van der Waals surface area contributed by atoms with Crippen LogP contribution in [0.15, 0.2) is 53.6 Å². The summed E-state index contributed by atoms with van der Waals surface area (Å²) in [5.74, 6) is -0.702. The van der Waals surface area contributed by atoms with Crippen LogP contribution >= 0.6 is 0 Å². The molecule has 0 aromatic heterocycles. The molecule has 1 heterocycles. The van der Waals surface area contributed by atoms with Gasteiger partial charge in [0.15, 0.2) is 0 Å². The van der Waals surface area contributed by atoms with Crippen LogP contribution < -0.4 is 10.3 Å². The van der Waals surface area contributed by atoms with Gasteiger partial charge in [-0.1, -0.05) is 24.3 Å². The summed E-state index contributed by atoms with van der Waals surface area (Å²) in [6, 6.07) is 14.6. The van der Waals surface area contributed by atoms with Crippen LogP contribution in [0.2, 0.25) is 0 Å². The smallest absolute Gasteiger partial charge is 0.354 e. The van der Waals surface area contributed by atoms with E-state index in [1.165, 1.54) is 0 Å². The maximum atomic E-state index is 13.0. The number of hydrogen-bond donors (Lipinski definition) is 1. The molecule has 0 bridgehead atoms. The number of hydrogen-bond acceptors (Lipinski definition) is 5. The van der Waals surface area contributed by atoms with E-state index in [2.05, 4.69) is 10.4 Å². The second-order valence-electron chi connectivity index (χ2n) is 6.53. The van der Waals surface area contributed by atoms with E-state index in [1.807, 2.05) is 62.4 Å². The van der Waals surface area contributed by atoms with Crippen LogP contribution in [0.4, 0.5) is 11.4 Å². The molecule has 0 spiro atoms. The molecule has 2 aromatic carbocycles. The molecule has 0 fully saturated rings. The zero-order valence-corrected chi connectivity index (χ0v) is 15.7. The monoisotopic (exact) mass is 365 g/mol. The Hall–Kier alpha value is -3.15. The fraction of sp³-hybridized carbons (Fsp3) is 0.286. The highest BCUT2D eigenvalue weighted by Crippen LogP contribution is 2.26. The molecular formula is C21H23N3O3. The Morgan fingerprint density at radius 1 is 1.15 bits per heavy atom. The summed E-state index contributed by atoms with van der Waals surface area (Å²) in [5, 5.41) is 8.91. The van der Waals surface area contributed by atoms with Gasteiger partial charge in [0.05, 0.1) is 12.3 Å². The number of anilines is 2. The van der Waals surface area contributed by atoms with E-state index < -0.39 is 12.0 Å². The number of rotatable bonds is 5. The van der Waals surface area contributed by atoms with Gasteiger partial charge in [0.2, 0.25) is 5.91 Å². The van der Waals surface area contributed by atoms with Crippen molar-refractivity contribution >= 4 is 29.0 Å². The molecule has 1 amide bonds. The molecule has 1 aliphatic heterocycles. The number of amides is 1. The number of hydrazone groups is 1. The average molecular weight is 365 g/mol. The van der Waals surface area contributed by atoms with E-state index in [9.17, 15) is 9.59 Å². The van der Waals surface area contributed by atoms with Crippen LogP contribution in [0.3, 0.4) is 0 Å². The first-order chi connectivity index (χ1) is 13.0. The number of para-hydroxylation sites is 1. The summed E-state index contributed by atoms with van der Waals surface area (Å²) in [5.41, 5.74) is 3.87. The molecule has 140 valence electrons. The van der Waals surface area contributed by atoms with Crippen molar-refractivity contribution in [3.8, 4) is 0 Å². The van der Waals surface area contributed by atoms with Crippen molar-refractivity contribution in [3.63, 3.8) is 0 Å². The maximum absolute atomic E-state index is 13.0. The fourth-order valence-electron chi connectivity index (χ4n) is 3.14. The third kappa shape index (κ3) is 4.34. The Morgan fingerprint density at radius 2 is 1.81 bits per heavy atom. The molecule has 27 heavy (non-hydrogen) atoms. The molecule has 1 aliphatic rings. The van der Waals surface area contributed by atoms with Crippen molar-refractivity contribution in [1.82, 2.24) is 0 Å². The third-order valence-corrected chi connectivity index (χ3v) is 4.23. The van der Waals surface area contributed by atoms with Gasteiger partial charge in [-0.15, -0.1) is 0 Å². The number of ether oxygens (including phenoxy) is 1. The van der Waals surface area contributed by atoms with Gasteiger partial charge in [0, 0.05) is 12.1 Å². The molecule has 3 rings (SSSR count). The van der Waals surface area contributed by atoms with Gasteiger partial charge in [-0.25, -0.2) is 4.79 Å². The van der Waals surface area contributed by atoms with Crippen LogP contribution in [0.1, 0.15) is 24.5 Å². The van der Waals surface area contributed by atoms with Gasteiger partial charge in [-0.05, 0) is 56.2 Å². The highest BCUT2D eigenvalue weighted by molar-refractivity contribution is 6.38. The SMILES string of the molecule is CCOC(=O)C1=NN(c2ccccc2)C(C(=O)Nc2cc(C)cc(C)c2)C1. The number of aryl methyl sites for hydroxylation is 2. The summed E-state index contributed by atoms with van der Waals surface area (Å²) in [7, 11) is 0. The molecule has 6 heteroatoms. The van der Waals surface area contributed by atoms with Crippen molar-refractivity contribution in [2.45, 2.75) is 33.2 Å². The Balaban J connectivity index is 1.85. The summed E-state index contributed by atoms with van der Waals surface area (Å²) in [6.07, 6.45) is 0.199. The minimum absolute atomic E-state index is 0.199. The topological polar surface area (TPSA) is 71.0 Å². The first-order valence-corrected chi connectivity index (χ1v) is 8.96. The molecule has 0 saturated heterocycles. The standard InChI is InChI=1S/C21H23N3O3/c1-4-27-21(26)18-13-19(24(23-18)17-8-6-5-7-9-17)20(25)22-16-11-14(2)10-15(3)12-16/h5-12,19H,4,13H2,1-3H3,(H,22,25). The Labute approximate surface area is 158 Å². The third-order valence-electron chi connectivity index (χ3n) is 4.23. The molecule has 0 aliphatic carbocycles. The normalized spacial score (nSPS) is 16.0. The van der Waals surface area contributed by atoms with Crippen LogP contribution in [0, 0.1) is 13.8 Å². The van der Waals surface area contributed by atoms with E-state index >= 15 is 0 Å². The predicted octanol–water partition coefficient (Wildman–Crippen LogP) is 3.44. The van der Waals surface area contributed by atoms with E-state index in [1.54, 1.807) is 11.9 Å². The number of carbonyl (C=O) groups is 2. The first kappa shape index (κ1) is 18.6. The molecule has 1 atom stereocenters. The lowest BCUT2D eigenvalue weighted by atomic mass is 10.1. The van der Waals surface area contributed by atoms with Crippen molar-refractivity contribution < 1.29 is 14.3 Å². The number of benzene rings is 2. The number of carbonyl (C=O) groups excluding carboxylic acids is 2. The van der Waals surface area contributed by atoms with Crippen molar-refractivity contribution in [1.29, 1.82) is 0 Å². The van der Waals surface area contributed by atoms with E-state index in [0.717, 1.165) is 22.5 Å². The zero-order valence-electron chi connectivity index (χ0n) is 15.7. The zero-order chi connectivity index (χ0) is 19.4. The van der Waals surface area contributed by atoms with Crippen molar-refractivity contribution in [2.75, 3.05) is 16.9 Å². The van der Waals surface area contributed by atoms with E-state index in [4.69, 9.17) is 4.74 Å². The Morgan fingerprint density at radius 3 is 2.44 bits per heavy atom. The Bertz CT molecular complexity index is 857. The minimum atomic E-state index is -0.618. The first-order valence-electron chi connectivity index (χ1n) is 8.96. The second kappa shape index (κ2) is 8.03. The maximum Gasteiger partial charge on any atom is 0.354 e. The van der Waals surface area contributed by atoms with E-state index in [-0.39, 0.29) is 24.6 Å². The number of esters is 1. The van der Waals surface area contributed by atoms with Gasteiger partial charge >= 0.3 is 5.97 Å². The number of nitrogens with zero attached hydrogens (tertiary/aromatic N) is 2. The molecule has 0 radical (unpaired) electrons. The largest absolute Gasteiger partial charge is 0.461 e. The molecular weight excluding hydrogens is 342 g/mol. The van der Waals surface area contributed by atoms with Crippen molar-refractivity contribution in [3.05, 3.63) is 59.7 Å². The van der Waals surface area contributed by atoms with E-state index in [0.29, 0.717) is 0 Å². The second-order valence-corrected chi connectivity index (χ2v) is 6.53. The van der Waals surface area contributed by atoms with Crippen LogP contribution in [0.25, 0.3) is 0 Å². The quantitative estimate of drug-likeness (QED) is 0.824. The molecule has 2 aromatic rings. The minimum Gasteiger partial charge on any atom is -0.461 e. The van der Waals surface area contributed by atoms with Gasteiger partial charge in [0.1, 0.15) is 11.8 Å². The lowest BCUT2D eigenvalue weighted by Crippen LogP contribution is -2.38. The number of nitrogens with one attached hydrogen (secondary N) is 1. The fourth-order valence-corrected chi connectivity index (χ4v) is 3.14. The summed E-state index contributed by atoms with van der Waals surface area (Å²) >= 11 is 0. The van der Waals surface area contributed by atoms with Gasteiger partial charge in [-0.3, -0.25) is 9.80 Å². The lowest BCUT2D eigenvalue weighted by molar-refractivity contribution is -0.135. The molecule has 6 nitrogen and oxygen atoms in total. The lowest BCUT2D eigenvalue weighted by Gasteiger charge is -2.23. The van der Waals surface area contributed by atoms with Gasteiger partial charge in [0.25, 0.3) is 0 Å². The molecule has 0 saturated carbocycles. The predicted molar refractivity (Wildman–Crippen MR) is 106 cm³/mol. The Kier molecular flexibility index (Phi) is 5.54. The van der Waals surface area contributed by atoms with Gasteiger partial charge in [-0.2, -0.15) is 5.10 Å². The molecule has 1 N–H and O–H groups in total. The van der Waals surface area contributed by atoms with Crippen LogP contribution in [-0.4, -0.2) is 30.2 Å². The average Bonchev–Trinajstić information content (AvgIpc) is 3.07. The summed E-state index contributed by atoms with van der Waals surface area (Å²) in [6.45, 7) is 5.97. The van der Waals surface area contributed by atoms with Crippen LogP contribution in [0.5, 0.6) is 0 Å². The van der Waals surface area contributed by atoms with Crippen molar-refractivity contribution in [2.24, 2.45) is 5.10 Å². The summed E-state index contributed by atoms with van der Waals surface area (Å²) < 4.78 is 5.06. The highest BCUT2D eigenvalue weighted by atomic mass is 16.5. The van der Waals surface area contributed by atoms with Crippen LogP contribution in [-0.2, 0) is 14.3 Å². The van der Waals surface area contributed by atoms with Gasteiger partial charge < -0.3 is 10.1 Å².